The number of carbonyl (C=O) groups is 3. The highest BCUT2D eigenvalue weighted by Gasteiger charge is 2.35. The van der Waals surface area contributed by atoms with Crippen LogP contribution in [0.1, 0.15) is 44.2 Å². The second-order valence-electron chi connectivity index (χ2n) is 7.69. The molecule has 0 unspecified atom stereocenters. The second-order valence-corrected chi connectivity index (χ2v) is 7.69. The number of esters is 1. The smallest absolute Gasteiger partial charge is 0.329 e. The fraction of sp³-hybridized carbons (Fsp3) is 0.375. The summed E-state index contributed by atoms with van der Waals surface area (Å²) in [5, 5.41) is 5.54. The van der Waals surface area contributed by atoms with Gasteiger partial charge in [-0.2, -0.15) is 0 Å². The van der Waals surface area contributed by atoms with Gasteiger partial charge in [-0.1, -0.05) is 74.5 Å². The van der Waals surface area contributed by atoms with Gasteiger partial charge in [0, 0.05) is 12.8 Å². The number of benzene rings is 2. The van der Waals surface area contributed by atoms with Gasteiger partial charge in [-0.05, 0) is 23.5 Å². The highest BCUT2D eigenvalue weighted by molar-refractivity contribution is 5.91. The van der Waals surface area contributed by atoms with Crippen molar-refractivity contribution in [3.63, 3.8) is 0 Å². The van der Waals surface area contributed by atoms with Gasteiger partial charge in [0.15, 0.2) is 0 Å². The molecular weight excluding hydrogens is 380 g/mol. The first-order valence-electron chi connectivity index (χ1n) is 10.1. The molecule has 0 fully saturated rings. The Morgan fingerprint density at radius 3 is 1.77 bits per heavy atom. The Morgan fingerprint density at radius 1 is 0.867 bits per heavy atom. The van der Waals surface area contributed by atoms with Gasteiger partial charge in [0.1, 0.15) is 12.1 Å². The molecule has 0 bridgehead atoms. The molecule has 0 aromatic heterocycles. The normalized spacial score (nSPS) is 12.9. The molecule has 6 nitrogen and oxygen atoms in total. The van der Waals surface area contributed by atoms with Crippen LogP contribution in [0.15, 0.2) is 60.7 Å². The van der Waals surface area contributed by atoms with Crippen molar-refractivity contribution in [2.45, 2.75) is 45.2 Å². The molecule has 0 aliphatic heterocycles. The number of methoxy groups -OCH3 is 1. The molecule has 160 valence electrons. The maximum atomic E-state index is 13.1. The van der Waals surface area contributed by atoms with E-state index in [4.69, 9.17) is 4.74 Å². The number of rotatable bonds is 9. The van der Waals surface area contributed by atoms with Gasteiger partial charge < -0.3 is 15.4 Å². The summed E-state index contributed by atoms with van der Waals surface area (Å²) < 4.78 is 5.04. The topological polar surface area (TPSA) is 84.5 Å². The van der Waals surface area contributed by atoms with E-state index in [1.807, 2.05) is 74.5 Å². The van der Waals surface area contributed by atoms with E-state index in [1.165, 1.54) is 14.0 Å². The number of hydrogen-bond acceptors (Lipinski definition) is 4. The molecule has 30 heavy (non-hydrogen) atoms. The minimum absolute atomic E-state index is 0.184. The Morgan fingerprint density at radius 2 is 1.37 bits per heavy atom. The number of amides is 2. The minimum atomic E-state index is -0.948. The average molecular weight is 411 g/mol. The van der Waals surface area contributed by atoms with Crippen molar-refractivity contribution < 1.29 is 19.1 Å². The first-order valence-corrected chi connectivity index (χ1v) is 10.1. The minimum Gasteiger partial charge on any atom is -0.467 e. The molecule has 2 rings (SSSR count). The van der Waals surface area contributed by atoms with Gasteiger partial charge >= 0.3 is 5.97 Å². The third-order valence-electron chi connectivity index (χ3n) is 4.80. The summed E-state index contributed by atoms with van der Waals surface area (Å²) >= 11 is 0. The zero-order valence-corrected chi connectivity index (χ0v) is 17.9. The molecule has 0 radical (unpaired) electrons. The molecule has 0 heterocycles. The van der Waals surface area contributed by atoms with E-state index in [0.717, 1.165) is 11.1 Å². The molecule has 0 spiro atoms. The van der Waals surface area contributed by atoms with Crippen LogP contribution in [0.3, 0.4) is 0 Å². The van der Waals surface area contributed by atoms with Crippen molar-refractivity contribution in [2.75, 3.05) is 7.11 Å². The summed E-state index contributed by atoms with van der Waals surface area (Å²) in [5.41, 5.74) is 1.75. The summed E-state index contributed by atoms with van der Waals surface area (Å²) in [6, 6.07) is 17.3. The van der Waals surface area contributed by atoms with Gasteiger partial charge in [0.2, 0.25) is 11.8 Å². The Hall–Kier alpha value is -3.15. The molecule has 0 saturated heterocycles. The molecule has 0 aliphatic rings. The number of hydrogen-bond donors (Lipinski definition) is 2. The zero-order chi connectivity index (χ0) is 22.1. The Bertz CT molecular complexity index is 797. The van der Waals surface area contributed by atoms with E-state index >= 15 is 0 Å². The molecule has 0 saturated carbocycles. The first kappa shape index (κ1) is 23.1. The van der Waals surface area contributed by atoms with Crippen LogP contribution >= 0.6 is 0 Å². The Balaban J connectivity index is 2.43. The van der Waals surface area contributed by atoms with Crippen LogP contribution in [0.5, 0.6) is 0 Å². The number of ether oxygens (including phenoxy) is 1. The zero-order valence-electron chi connectivity index (χ0n) is 17.9. The summed E-state index contributed by atoms with van der Waals surface area (Å²) in [5.74, 6) is -1.52. The molecule has 2 atom stereocenters. The van der Waals surface area contributed by atoms with Crippen LogP contribution in [0.4, 0.5) is 0 Å². The van der Waals surface area contributed by atoms with Crippen molar-refractivity contribution >= 4 is 17.8 Å². The van der Waals surface area contributed by atoms with E-state index < -0.39 is 29.9 Å². The maximum absolute atomic E-state index is 13.1. The lowest BCUT2D eigenvalue weighted by Gasteiger charge is -2.29. The predicted octanol–water partition coefficient (Wildman–Crippen LogP) is 3.03. The third kappa shape index (κ3) is 6.44. The fourth-order valence-corrected chi connectivity index (χ4v) is 3.51. The van der Waals surface area contributed by atoms with E-state index in [0.29, 0.717) is 6.42 Å². The molecule has 2 aromatic rings. The van der Waals surface area contributed by atoms with E-state index in [1.54, 1.807) is 0 Å². The highest BCUT2D eigenvalue weighted by atomic mass is 16.5. The van der Waals surface area contributed by atoms with Crippen LogP contribution in [-0.4, -0.2) is 37.0 Å². The monoisotopic (exact) mass is 410 g/mol. The lowest BCUT2D eigenvalue weighted by atomic mass is 9.84. The Labute approximate surface area is 178 Å². The molecule has 0 aliphatic carbocycles. The van der Waals surface area contributed by atoms with Gasteiger partial charge in [0.05, 0.1) is 7.11 Å². The Kier molecular flexibility index (Phi) is 8.59. The fourth-order valence-electron chi connectivity index (χ4n) is 3.51. The summed E-state index contributed by atoms with van der Waals surface area (Å²) in [6.07, 6.45) is 0.459. The molecule has 2 N–H and O–H groups in total. The van der Waals surface area contributed by atoms with Crippen LogP contribution in [0.25, 0.3) is 0 Å². The van der Waals surface area contributed by atoms with Gasteiger partial charge in [-0.3, -0.25) is 9.59 Å². The van der Waals surface area contributed by atoms with E-state index in [2.05, 4.69) is 10.6 Å². The SMILES string of the molecule is COC(=O)[C@H](NC(=O)[C@H](CC(C)C)NC(C)=O)C(c1ccccc1)c1ccccc1. The van der Waals surface area contributed by atoms with Gasteiger partial charge in [-0.15, -0.1) is 0 Å². The lowest BCUT2D eigenvalue weighted by molar-refractivity contribution is -0.145. The quantitative estimate of drug-likeness (QED) is 0.623. The van der Waals surface area contributed by atoms with Crippen LogP contribution in [0, 0.1) is 5.92 Å². The summed E-state index contributed by atoms with van der Waals surface area (Å²) in [4.78, 5) is 37.5. The standard InChI is InChI=1S/C24H30N2O4/c1-16(2)15-20(25-17(3)27)23(28)26-22(24(29)30-4)21(18-11-7-5-8-12-18)19-13-9-6-10-14-19/h5-14,16,20-22H,15H2,1-4H3,(H,25,27)(H,26,28)/t20-,22+/m0/s1. The van der Waals surface area contributed by atoms with Crippen LogP contribution in [-0.2, 0) is 19.1 Å². The number of nitrogens with one attached hydrogen (secondary N) is 2. The van der Waals surface area contributed by atoms with Crippen molar-refractivity contribution in [3.05, 3.63) is 71.8 Å². The van der Waals surface area contributed by atoms with E-state index in [-0.39, 0.29) is 11.8 Å². The van der Waals surface area contributed by atoms with Crippen molar-refractivity contribution in [2.24, 2.45) is 5.92 Å². The van der Waals surface area contributed by atoms with Crippen molar-refractivity contribution in [3.8, 4) is 0 Å². The van der Waals surface area contributed by atoms with Crippen LogP contribution in [0.2, 0.25) is 0 Å². The van der Waals surface area contributed by atoms with Gasteiger partial charge in [0.25, 0.3) is 0 Å². The second kappa shape index (κ2) is 11.1. The average Bonchev–Trinajstić information content (AvgIpc) is 2.73. The van der Waals surface area contributed by atoms with Crippen molar-refractivity contribution in [1.29, 1.82) is 0 Å². The summed E-state index contributed by atoms with van der Waals surface area (Å²) in [7, 11) is 1.30. The predicted molar refractivity (Wildman–Crippen MR) is 116 cm³/mol. The van der Waals surface area contributed by atoms with Gasteiger partial charge in [-0.25, -0.2) is 4.79 Å². The molecular formula is C24H30N2O4. The summed E-state index contributed by atoms with van der Waals surface area (Å²) in [6.45, 7) is 5.31. The molecule has 6 heteroatoms. The van der Waals surface area contributed by atoms with Crippen LogP contribution < -0.4 is 10.6 Å². The third-order valence-corrected chi connectivity index (χ3v) is 4.80. The highest BCUT2D eigenvalue weighted by Crippen LogP contribution is 2.29. The first-order chi connectivity index (χ1) is 14.3. The van der Waals surface area contributed by atoms with E-state index in [9.17, 15) is 14.4 Å². The largest absolute Gasteiger partial charge is 0.467 e. The molecule has 2 aromatic carbocycles. The maximum Gasteiger partial charge on any atom is 0.329 e. The lowest BCUT2D eigenvalue weighted by Crippen LogP contribution is -2.53. The number of carbonyl (C=O) groups excluding carboxylic acids is 3. The molecule has 2 amide bonds. The van der Waals surface area contributed by atoms with Crippen molar-refractivity contribution in [1.82, 2.24) is 10.6 Å².